The summed E-state index contributed by atoms with van der Waals surface area (Å²) in [5, 5.41) is 0. The highest BCUT2D eigenvalue weighted by Gasteiger charge is 2.22. The van der Waals surface area contributed by atoms with Crippen molar-refractivity contribution in [2.24, 2.45) is 5.92 Å². The van der Waals surface area contributed by atoms with E-state index in [9.17, 15) is 4.79 Å². The molecular formula is C18H28N2O2. The van der Waals surface area contributed by atoms with Gasteiger partial charge in [0, 0.05) is 38.6 Å². The summed E-state index contributed by atoms with van der Waals surface area (Å²) in [6.45, 7) is 8.79. The number of hydrogen-bond acceptors (Lipinski definition) is 3. The number of methoxy groups -OCH3 is 1. The molecule has 4 nitrogen and oxygen atoms in total. The molecule has 0 aliphatic carbocycles. The molecular weight excluding hydrogens is 276 g/mol. The molecule has 1 aromatic carbocycles. The quantitative estimate of drug-likeness (QED) is 0.838. The lowest BCUT2D eigenvalue weighted by Gasteiger charge is -2.24. The van der Waals surface area contributed by atoms with Crippen LogP contribution in [0.3, 0.4) is 0 Å². The van der Waals surface area contributed by atoms with Crippen molar-refractivity contribution in [3.8, 4) is 5.75 Å². The normalized spacial score (nSPS) is 17.9. The summed E-state index contributed by atoms with van der Waals surface area (Å²) < 4.78 is 5.19. The Hall–Kier alpha value is -1.55. The molecule has 1 aliphatic rings. The van der Waals surface area contributed by atoms with Crippen LogP contribution in [0.4, 0.5) is 0 Å². The maximum Gasteiger partial charge on any atom is 0.225 e. The van der Waals surface area contributed by atoms with Gasteiger partial charge in [-0.3, -0.25) is 9.69 Å². The molecule has 2 rings (SSSR count). The highest BCUT2D eigenvalue weighted by atomic mass is 16.5. The number of amides is 1. The van der Waals surface area contributed by atoms with Gasteiger partial charge in [0.1, 0.15) is 5.75 Å². The van der Waals surface area contributed by atoms with Crippen LogP contribution in [0.25, 0.3) is 0 Å². The van der Waals surface area contributed by atoms with Crippen molar-refractivity contribution in [3.63, 3.8) is 0 Å². The van der Waals surface area contributed by atoms with Gasteiger partial charge in [0.25, 0.3) is 0 Å². The number of nitrogens with zero attached hydrogens (tertiary/aromatic N) is 2. The topological polar surface area (TPSA) is 32.8 Å². The van der Waals surface area contributed by atoms with Crippen LogP contribution in [-0.2, 0) is 11.3 Å². The number of rotatable bonds is 5. The average molecular weight is 304 g/mol. The third-order valence-electron chi connectivity index (χ3n) is 4.50. The Morgan fingerprint density at radius 3 is 2.55 bits per heavy atom. The van der Waals surface area contributed by atoms with E-state index in [1.165, 1.54) is 5.56 Å². The fraction of sp³-hybridized carbons (Fsp3) is 0.611. The van der Waals surface area contributed by atoms with E-state index in [1.807, 2.05) is 24.0 Å². The Morgan fingerprint density at radius 1 is 1.18 bits per heavy atom. The summed E-state index contributed by atoms with van der Waals surface area (Å²) >= 11 is 0. The smallest absolute Gasteiger partial charge is 0.225 e. The first-order valence-electron chi connectivity index (χ1n) is 8.28. The van der Waals surface area contributed by atoms with Gasteiger partial charge in [0.05, 0.1) is 7.11 Å². The van der Waals surface area contributed by atoms with E-state index in [0.717, 1.165) is 51.3 Å². The number of carbonyl (C=O) groups excluding carboxylic acids is 1. The monoisotopic (exact) mass is 304 g/mol. The van der Waals surface area contributed by atoms with Crippen LogP contribution in [0, 0.1) is 5.92 Å². The van der Waals surface area contributed by atoms with Gasteiger partial charge < -0.3 is 9.64 Å². The van der Waals surface area contributed by atoms with Crippen molar-refractivity contribution in [2.75, 3.05) is 33.3 Å². The molecule has 122 valence electrons. The van der Waals surface area contributed by atoms with Gasteiger partial charge in [-0.1, -0.05) is 26.0 Å². The summed E-state index contributed by atoms with van der Waals surface area (Å²) in [6, 6.07) is 8.25. The molecule has 4 heteroatoms. The summed E-state index contributed by atoms with van der Waals surface area (Å²) in [6.07, 6.45) is 1.98. The zero-order valence-corrected chi connectivity index (χ0v) is 14.0. The number of benzene rings is 1. The predicted octanol–water partition coefficient (Wildman–Crippen LogP) is 2.78. The number of carbonyl (C=O) groups is 1. The van der Waals surface area contributed by atoms with Crippen molar-refractivity contribution < 1.29 is 9.53 Å². The largest absolute Gasteiger partial charge is 0.497 e. The maximum atomic E-state index is 12.3. The van der Waals surface area contributed by atoms with Gasteiger partial charge in [0.15, 0.2) is 0 Å². The Labute approximate surface area is 134 Å². The van der Waals surface area contributed by atoms with Gasteiger partial charge in [0.2, 0.25) is 5.91 Å². The first-order chi connectivity index (χ1) is 10.6. The lowest BCUT2D eigenvalue weighted by Crippen LogP contribution is -2.38. The summed E-state index contributed by atoms with van der Waals surface area (Å²) in [5.41, 5.74) is 1.29. The third kappa shape index (κ3) is 4.47. The van der Waals surface area contributed by atoms with Crippen molar-refractivity contribution in [3.05, 3.63) is 29.8 Å². The predicted molar refractivity (Wildman–Crippen MR) is 88.9 cm³/mol. The fourth-order valence-corrected chi connectivity index (χ4v) is 2.82. The molecule has 0 radical (unpaired) electrons. The standard InChI is InChI=1S/C18H28N2O2/c1-4-15(2)18(21)20-11-5-10-19(12-13-20)14-16-6-8-17(22-3)9-7-16/h6-9,15H,4-5,10-14H2,1-3H3. The molecule has 1 unspecified atom stereocenters. The molecule has 1 atom stereocenters. The second kappa shape index (κ2) is 8.18. The van der Waals surface area contributed by atoms with E-state index in [1.54, 1.807) is 7.11 Å². The van der Waals surface area contributed by atoms with E-state index in [4.69, 9.17) is 4.74 Å². The average Bonchev–Trinajstić information content (AvgIpc) is 2.79. The minimum Gasteiger partial charge on any atom is -0.497 e. The van der Waals surface area contributed by atoms with E-state index in [2.05, 4.69) is 24.0 Å². The fourth-order valence-electron chi connectivity index (χ4n) is 2.82. The van der Waals surface area contributed by atoms with Crippen molar-refractivity contribution in [1.29, 1.82) is 0 Å². The van der Waals surface area contributed by atoms with Crippen molar-refractivity contribution in [2.45, 2.75) is 33.2 Å². The molecule has 22 heavy (non-hydrogen) atoms. The van der Waals surface area contributed by atoms with Gasteiger partial charge in [-0.2, -0.15) is 0 Å². The molecule has 1 amide bonds. The molecule has 0 spiro atoms. The Kier molecular flexibility index (Phi) is 6.25. The minimum atomic E-state index is 0.146. The van der Waals surface area contributed by atoms with Gasteiger partial charge >= 0.3 is 0 Å². The van der Waals surface area contributed by atoms with Crippen LogP contribution in [0.2, 0.25) is 0 Å². The molecule has 1 fully saturated rings. The van der Waals surface area contributed by atoms with E-state index in [0.29, 0.717) is 5.91 Å². The number of ether oxygens (including phenoxy) is 1. The van der Waals surface area contributed by atoms with Gasteiger partial charge in [-0.05, 0) is 30.5 Å². The minimum absolute atomic E-state index is 0.146. The molecule has 0 N–H and O–H groups in total. The second-order valence-corrected chi connectivity index (χ2v) is 6.11. The van der Waals surface area contributed by atoms with Gasteiger partial charge in [-0.15, -0.1) is 0 Å². The highest BCUT2D eigenvalue weighted by molar-refractivity contribution is 5.78. The highest BCUT2D eigenvalue weighted by Crippen LogP contribution is 2.15. The SMILES string of the molecule is CCC(C)C(=O)N1CCCN(Cc2ccc(OC)cc2)CC1. The van der Waals surface area contributed by atoms with Gasteiger partial charge in [-0.25, -0.2) is 0 Å². The summed E-state index contributed by atoms with van der Waals surface area (Å²) in [4.78, 5) is 16.8. The van der Waals surface area contributed by atoms with Crippen LogP contribution in [-0.4, -0.2) is 49.0 Å². The van der Waals surface area contributed by atoms with Crippen molar-refractivity contribution in [1.82, 2.24) is 9.80 Å². The van der Waals surface area contributed by atoms with E-state index < -0.39 is 0 Å². The van der Waals surface area contributed by atoms with Crippen LogP contribution >= 0.6 is 0 Å². The zero-order chi connectivity index (χ0) is 15.9. The lowest BCUT2D eigenvalue weighted by atomic mass is 10.1. The van der Waals surface area contributed by atoms with Crippen LogP contribution < -0.4 is 4.74 Å². The first-order valence-corrected chi connectivity index (χ1v) is 8.28. The van der Waals surface area contributed by atoms with Crippen LogP contribution in [0.1, 0.15) is 32.3 Å². The maximum absolute atomic E-state index is 12.3. The molecule has 1 saturated heterocycles. The zero-order valence-electron chi connectivity index (χ0n) is 14.0. The summed E-state index contributed by atoms with van der Waals surface area (Å²) in [7, 11) is 1.69. The molecule has 1 aromatic rings. The molecule has 0 bridgehead atoms. The van der Waals surface area contributed by atoms with E-state index >= 15 is 0 Å². The molecule has 0 saturated carbocycles. The molecule has 0 aromatic heterocycles. The Bertz CT molecular complexity index is 472. The Balaban J connectivity index is 1.88. The third-order valence-corrected chi connectivity index (χ3v) is 4.50. The molecule has 1 aliphatic heterocycles. The second-order valence-electron chi connectivity index (χ2n) is 6.11. The van der Waals surface area contributed by atoms with Crippen LogP contribution in [0.5, 0.6) is 5.75 Å². The van der Waals surface area contributed by atoms with Crippen molar-refractivity contribution >= 4 is 5.91 Å². The lowest BCUT2D eigenvalue weighted by molar-refractivity contribution is -0.134. The molecule has 1 heterocycles. The number of hydrogen-bond donors (Lipinski definition) is 0. The Morgan fingerprint density at radius 2 is 1.91 bits per heavy atom. The first kappa shape index (κ1) is 16.8. The van der Waals surface area contributed by atoms with Crippen LogP contribution in [0.15, 0.2) is 24.3 Å². The summed E-state index contributed by atoms with van der Waals surface area (Å²) in [5.74, 6) is 1.35. The van der Waals surface area contributed by atoms with E-state index in [-0.39, 0.29) is 5.92 Å².